The summed E-state index contributed by atoms with van der Waals surface area (Å²) >= 11 is 0. The minimum Gasteiger partial charge on any atom is -0.196 e. The third-order valence-corrected chi connectivity index (χ3v) is 1.84. The molecule has 0 saturated heterocycles. The van der Waals surface area contributed by atoms with Gasteiger partial charge in [0, 0.05) is 7.59 Å². The minimum absolute atomic E-state index is 0.134. The van der Waals surface area contributed by atoms with Crippen molar-refractivity contribution in [2.45, 2.75) is 59.4 Å². The zero-order valence-electron chi connectivity index (χ0n) is 13.6. The first kappa shape index (κ1) is 20.3. The van der Waals surface area contributed by atoms with Crippen LogP contribution in [0.2, 0.25) is 19.6 Å². The summed E-state index contributed by atoms with van der Waals surface area (Å²) in [6.07, 6.45) is 0. The molecular formula is C13H28N4Si2. The minimum atomic E-state index is -0.472. The molecule has 4 nitrogen and oxygen atoms in total. The van der Waals surface area contributed by atoms with Crippen LogP contribution in [0.3, 0.4) is 0 Å². The zero-order valence-corrected chi connectivity index (χ0v) is 16.6. The third kappa shape index (κ3) is 15.0. The maximum atomic E-state index is 8.73. The molecule has 0 aliphatic carbocycles. The summed E-state index contributed by atoms with van der Waals surface area (Å²) in [6.45, 7) is 14.8. The van der Waals surface area contributed by atoms with E-state index < -0.39 is 19.7 Å². The van der Waals surface area contributed by atoms with Gasteiger partial charge in [-0.05, 0) is 21.6 Å². The number of azo groups is 1. The van der Waals surface area contributed by atoms with E-state index >= 15 is 0 Å². The van der Waals surface area contributed by atoms with Crippen LogP contribution in [0.1, 0.15) is 27.7 Å². The molecular weight excluding hydrogens is 268 g/mol. The number of nitrogens with zero attached hydrogens (tertiary/aromatic N) is 4. The van der Waals surface area contributed by atoms with Gasteiger partial charge in [0.05, 0.1) is 12.1 Å². The lowest BCUT2D eigenvalue weighted by atomic mass is 10.1. The van der Waals surface area contributed by atoms with Crippen LogP contribution >= 0.6 is 0 Å². The molecule has 19 heavy (non-hydrogen) atoms. The highest BCUT2D eigenvalue weighted by Crippen LogP contribution is 2.10. The van der Waals surface area contributed by atoms with Crippen molar-refractivity contribution in [1.82, 2.24) is 0 Å². The molecule has 0 heterocycles. The lowest BCUT2D eigenvalue weighted by Gasteiger charge is -2.09. The SMILES string of the molecule is CC(C)C(C#N)N=NC(C#N)C(C)C.C[Si](C)(C)[SiH3]. The Morgan fingerprint density at radius 2 is 1.05 bits per heavy atom. The van der Waals surface area contributed by atoms with Crippen LogP contribution in [-0.2, 0) is 0 Å². The van der Waals surface area contributed by atoms with Gasteiger partial charge >= 0.3 is 0 Å². The Morgan fingerprint density at radius 3 is 1.16 bits per heavy atom. The second-order valence-electron chi connectivity index (χ2n) is 6.87. The summed E-state index contributed by atoms with van der Waals surface area (Å²) < 4.78 is 0. The van der Waals surface area contributed by atoms with Gasteiger partial charge in [-0.1, -0.05) is 47.3 Å². The van der Waals surface area contributed by atoms with Gasteiger partial charge < -0.3 is 0 Å². The number of nitriles is 2. The van der Waals surface area contributed by atoms with Gasteiger partial charge in [-0.3, -0.25) is 0 Å². The van der Waals surface area contributed by atoms with Crippen molar-refractivity contribution in [3.8, 4) is 12.1 Å². The Bertz CT molecular complexity index is 311. The van der Waals surface area contributed by atoms with E-state index in [0.29, 0.717) is 0 Å². The summed E-state index contributed by atoms with van der Waals surface area (Å²) in [5.41, 5.74) is 0. The van der Waals surface area contributed by atoms with Gasteiger partial charge in [0.2, 0.25) is 0 Å². The predicted molar refractivity (Wildman–Crippen MR) is 86.6 cm³/mol. The number of rotatable bonds is 4. The number of hydrogen-bond acceptors (Lipinski definition) is 4. The summed E-state index contributed by atoms with van der Waals surface area (Å²) in [6, 6.07) is 3.22. The van der Waals surface area contributed by atoms with Crippen LogP contribution in [0.25, 0.3) is 0 Å². The quantitative estimate of drug-likeness (QED) is 0.591. The standard InChI is InChI=1S/C10H16N4.C3H12Si2/c1-7(2)9(5-11)13-14-10(6-12)8(3)4;1-5(2,3)4/h7-10H,1-4H3;1-4H3. The number of hydrogen-bond donors (Lipinski definition) is 0. The Balaban J connectivity index is 0. The Labute approximate surface area is 122 Å². The van der Waals surface area contributed by atoms with Gasteiger partial charge in [0.1, 0.15) is 0 Å². The molecule has 0 bridgehead atoms. The second kappa shape index (κ2) is 9.88. The Hall–Kier alpha value is -0.986. The maximum Gasteiger partial charge on any atom is 0.159 e. The molecule has 0 N–H and O–H groups in total. The van der Waals surface area contributed by atoms with Gasteiger partial charge in [0.25, 0.3) is 0 Å². The first-order valence-corrected chi connectivity index (χ1v) is 13.7. The first-order chi connectivity index (χ1) is 8.52. The van der Waals surface area contributed by atoms with Crippen LogP contribution in [0.5, 0.6) is 0 Å². The van der Waals surface area contributed by atoms with Crippen molar-refractivity contribution in [3.05, 3.63) is 0 Å². The highest BCUT2D eigenvalue weighted by Gasteiger charge is 2.14. The third-order valence-electron chi connectivity index (χ3n) is 1.84. The topological polar surface area (TPSA) is 72.3 Å². The molecule has 0 aromatic heterocycles. The fourth-order valence-electron chi connectivity index (χ4n) is 0.760. The summed E-state index contributed by atoms with van der Waals surface area (Å²) in [4.78, 5) is 0. The molecule has 0 saturated carbocycles. The fraction of sp³-hybridized carbons (Fsp3) is 0.846. The summed E-state index contributed by atoms with van der Waals surface area (Å²) in [7, 11) is 0.975. The summed E-state index contributed by atoms with van der Waals surface area (Å²) in [5.74, 6) is 0.269. The molecule has 0 fully saturated rings. The van der Waals surface area contributed by atoms with Crippen molar-refractivity contribution in [1.29, 1.82) is 10.5 Å². The average molecular weight is 297 g/mol. The second-order valence-corrected chi connectivity index (χ2v) is 21.9. The molecule has 0 aliphatic heterocycles. The van der Waals surface area contributed by atoms with Crippen molar-refractivity contribution in [2.24, 2.45) is 22.1 Å². The molecule has 0 aromatic rings. The van der Waals surface area contributed by atoms with Crippen LogP contribution < -0.4 is 0 Å². The van der Waals surface area contributed by atoms with Gasteiger partial charge in [-0.2, -0.15) is 20.8 Å². The van der Waals surface area contributed by atoms with Gasteiger partial charge in [-0.15, -0.1) is 0 Å². The van der Waals surface area contributed by atoms with Crippen molar-refractivity contribution < 1.29 is 0 Å². The molecule has 0 rings (SSSR count). The lowest BCUT2D eigenvalue weighted by Crippen LogP contribution is -2.18. The summed E-state index contributed by atoms with van der Waals surface area (Å²) in [5, 5.41) is 25.2. The van der Waals surface area contributed by atoms with Crippen molar-refractivity contribution in [3.63, 3.8) is 0 Å². The Kier molecular flexibility index (Phi) is 10.6. The van der Waals surface area contributed by atoms with E-state index in [9.17, 15) is 0 Å². The average Bonchev–Trinajstić information content (AvgIpc) is 2.21. The van der Waals surface area contributed by atoms with E-state index in [1.54, 1.807) is 0 Å². The molecule has 0 aromatic carbocycles. The molecule has 0 amide bonds. The normalized spacial score (nSPS) is 14.7. The van der Waals surface area contributed by atoms with E-state index in [0.717, 1.165) is 0 Å². The molecule has 2 unspecified atom stereocenters. The Morgan fingerprint density at radius 1 is 0.842 bits per heavy atom. The highest BCUT2D eigenvalue weighted by atomic mass is 29.2. The molecule has 108 valence electrons. The highest BCUT2D eigenvalue weighted by molar-refractivity contribution is 7.15. The molecule has 6 heteroatoms. The van der Waals surface area contributed by atoms with Crippen LogP contribution in [0.4, 0.5) is 0 Å². The largest absolute Gasteiger partial charge is 0.196 e. The van der Waals surface area contributed by atoms with Crippen LogP contribution in [0.15, 0.2) is 10.2 Å². The lowest BCUT2D eigenvalue weighted by molar-refractivity contribution is 0.507. The molecule has 0 spiro atoms. The van der Waals surface area contributed by atoms with E-state index in [1.807, 2.05) is 27.7 Å². The maximum absolute atomic E-state index is 8.73. The van der Waals surface area contributed by atoms with Crippen LogP contribution in [0, 0.1) is 34.5 Å². The van der Waals surface area contributed by atoms with Crippen LogP contribution in [-0.4, -0.2) is 29.4 Å². The molecule has 0 radical (unpaired) electrons. The van der Waals surface area contributed by atoms with Gasteiger partial charge in [-0.25, -0.2) is 0 Å². The first-order valence-electron chi connectivity index (χ1n) is 6.72. The van der Waals surface area contributed by atoms with E-state index in [2.05, 4.69) is 42.0 Å². The molecule has 2 atom stereocenters. The fourth-order valence-corrected chi connectivity index (χ4v) is 0.760. The monoisotopic (exact) mass is 296 g/mol. The van der Waals surface area contributed by atoms with Crippen molar-refractivity contribution in [2.75, 3.05) is 0 Å². The molecule has 0 aliphatic rings. The van der Waals surface area contributed by atoms with E-state index in [4.69, 9.17) is 10.5 Å². The van der Waals surface area contributed by atoms with Crippen molar-refractivity contribution >= 4 is 17.4 Å². The zero-order chi connectivity index (χ0) is 15.6. The van der Waals surface area contributed by atoms with Gasteiger partial charge in [0.15, 0.2) is 12.1 Å². The predicted octanol–water partition coefficient (Wildman–Crippen LogP) is 2.72. The van der Waals surface area contributed by atoms with E-state index in [-0.39, 0.29) is 11.8 Å². The smallest absolute Gasteiger partial charge is 0.159 e. The van der Waals surface area contributed by atoms with E-state index in [1.165, 1.54) is 9.76 Å².